The second kappa shape index (κ2) is 11.2. The third kappa shape index (κ3) is 6.08. The number of ketones is 1. The minimum absolute atomic E-state index is 0.0664. The first-order valence-electron chi connectivity index (χ1n) is 10.4. The topological polar surface area (TPSA) is 66.8 Å². The summed E-state index contributed by atoms with van der Waals surface area (Å²) in [6, 6.07) is 11.5. The number of ether oxygens (including phenoxy) is 1. The molecule has 156 valence electrons. The molecule has 2 rings (SSSR count). The molecule has 0 atom stereocenters. The van der Waals surface area contributed by atoms with Crippen molar-refractivity contribution < 1.29 is 19.4 Å². The van der Waals surface area contributed by atoms with Gasteiger partial charge < -0.3 is 14.7 Å². The van der Waals surface area contributed by atoms with E-state index in [1.807, 2.05) is 19.9 Å². The van der Waals surface area contributed by atoms with E-state index >= 15 is 0 Å². The Balaban J connectivity index is 2.12. The first-order valence-corrected chi connectivity index (χ1v) is 10.4. The van der Waals surface area contributed by atoms with Gasteiger partial charge in [-0.25, -0.2) is 4.79 Å². The van der Waals surface area contributed by atoms with E-state index in [1.54, 1.807) is 30.3 Å². The Kier molecular flexibility index (Phi) is 8.71. The average Bonchev–Trinajstić information content (AvgIpc) is 2.74. The zero-order valence-corrected chi connectivity index (χ0v) is 17.6. The number of hydrogen-bond acceptors (Lipinski definition) is 5. The summed E-state index contributed by atoms with van der Waals surface area (Å²) < 4.78 is 5.30. The number of nitrogens with zero attached hydrogens (tertiary/aromatic N) is 1. The van der Waals surface area contributed by atoms with Crippen molar-refractivity contribution in [3.05, 3.63) is 59.2 Å². The van der Waals surface area contributed by atoms with E-state index in [4.69, 9.17) is 4.74 Å². The first kappa shape index (κ1) is 22.5. The maximum Gasteiger partial charge on any atom is 0.338 e. The molecule has 0 bridgehead atoms. The van der Waals surface area contributed by atoms with Crippen LogP contribution in [-0.4, -0.2) is 36.6 Å². The van der Waals surface area contributed by atoms with Crippen molar-refractivity contribution >= 4 is 17.4 Å². The largest absolute Gasteiger partial charge is 0.507 e. The van der Waals surface area contributed by atoms with E-state index in [2.05, 4.69) is 11.8 Å². The average molecular weight is 398 g/mol. The summed E-state index contributed by atoms with van der Waals surface area (Å²) in [6.45, 7) is 8.20. The summed E-state index contributed by atoms with van der Waals surface area (Å²) in [5.41, 5.74) is 1.76. The lowest BCUT2D eigenvalue weighted by Crippen LogP contribution is -2.21. The monoisotopic (exact) mass is 397 g/mol. The van der Waals surface area contributed by atoms with Crippen LogP contribution in [0.2, 0.25) is 0 Å². The van der Waals surface area contributed by atoms with Crippen molar-refractivity contribution in [2.45, 2.75) is 46.5 Å². The number of aromatic hydroxyl groups is 1. The Hall–Kier alpha value is -2.82. The summed E-state index contributed by atoms with van der Waals surface area (Å²) in [4.78, 5) is 27.2. The van der Waals surface area contributed by atoms with E-state index in [0.717, 1.165) is 44.5 Å². The van der Waals surface area contributed by atoms with Crippen molar-refractivity contribution in [3.63, 3.8) is 0 Å². The lowest BCUT2D eigenvalue weighted by Gasteiger charge is -2.21. The number of benzene rings is 2. The van der Waals surface area contributed by atoms with Crippen LogP contribution in [-0.2, 0) is 4.74 Å². The second-order valence-corrected chi connectivity index (χ2v) is 6.98. The van der Waals surface area contributed by atoms with Crippen molar-refractivity contribution in [2.24, 2.45) is 0 Å². The third-order valence-corrected chi connectivity index (χ3v) is 4.95. The molecule has 1 N–H and O–H groups in total. The number of anilines is 1. The van der Waals surface area contributed by atoms with E-state index in [1.165, 1.54) is 6.07 Å². The van der Waals surface area contributed by atoms with Crippen LogP contribution in [0.15, 0.2) is 42.5 Å². The van der Waals surface area contributed by atoms with Gasteiger partial charge in [-0.1, -0.05) is 38.3 Å². The van der Waals surface area contributed by atoms with Crippen LogP contribution in [0.5, 0.6) is 5.75 Å². The molecule has 0 spiro atoms. The lowest BCUT2D eigenvalue weighted by atomic mass is 10.00. The van der Waals surface area contributed by atoms with E-state index < -0.39 is 5.97 Å². The molecule has 5 heteroatoms. The Morgan fingerprint density at radius 1 is 0.931 bits per heavy atom. The highest BCUT2D eigenvalue weighted by Crippen LogP contribution is 2.27. The van der Waals surface area contributed by atoms with Crippen LogP contribution in [0.1, 0.15) is 72.7 Å². The number of carbonyl (C=O) groups excluding carboxylic acids is 2. The van der Waals surface area contributed by atoms with E-state index in [0.29, 0.717) is 17.7 Å². The number of carbonyl (C=O) groups is 2. The molecule has 0 saturated heterocycles. The highest BCUT2D eigenvalue weighted by molar-refractivity contribution is 6.11. The fourth-order valence-electron chi connectivity index (χ4n) is 3.22. The highest BCUT2D eigenvalue weighted by Gasteiger charge is 2.17. The van der Waals surface area contributed by atoms with Gasteiger partial charge in [0, 0.05) is 30.4 Å². The minimum atomic E-state index is -0.433. The molecular weight excluding hydrogens is 366 g/mol. The van der Waals surface area contributed by atoms with Crippen LogP contribution in [0.25, 0.3) is 0 Å². The zero-order valence-electron chi connectivity index (χ0n) is 17.6. The standard InChI is InChI=1S/C24H31NO4/c1-4-7-8-9-15-29-24(28)19-12-10-11-18(16-19)23(27)21-14-13-20(17-22(21)26)25(5-2)6-3/h10-14,16-17,26H,4-9,15H2,1-3H3. The molecule has 0 aliphatic heterocycles. The lowest BCUT2D eigenvalue weighted by molar-refractivity contribution is 0.0498. The number of phenols is 1. The van der Waals surface area contributed by atoms with Gasteiger partial charge >= 0.3 is 5.97 Å². The van der Waals surface area contributed by atoms with Gasteiger partial charge in [-0.2, -0.15) is 0 Å². The van der Waals surface area contributed by atoms with Gasteiger partial charge in [0.05, 0.1) is 17.7 Å². The predicted octanol–water partition coefficient (Wildman–Crippen LogP) is 5.21. The third-order valence-electron chi connectivity index (χ3n) is 4.95. The molecule has 5 nitrogen and oxygen atoms in total. The van der Waals surface area contributed by atoms with Crippen LogP contribution in [0.3, 0.4) is 0 Å². The summed E-state index contributed by atoms with van der Waals surface area (Å²) >= 11 is 0. The summed E-state index contributed by atoms with van der Waals surface area (Å²) in [7, 11) is 0. The van der Waals surface area contributed by atoms with Crippen molar-refractivity contribution in [2.75, 3.05) is 24.6 Å². The van der Waals surface area contributed by atoms with Gasteiger partial charge in [-0.05, 0) is 44.5 Å². The molecule has 2 aromatic rings. The van der Waals surface area contributed by atoms with Gasteiger partial charge in [0.1, 0.15) is 5.75 Å². The molecule has 29 heavy (non-hydrogen) atoms. The quantitative estimate of drug-likeness (QED) is 0.320. The molecule has 0 fully saturated rings. The smallest absolute Gasteiger partial charge is 0.338 e. The Labute approximate surface area is 173 Å². The Morgan fingerprint density at radius 2 is 1.66 bits per heavy atom. The van der Waals surface area contributed by atoms with Crippen molar-refractivity contribution in [3.8, 4) is 5.75 Å². The molecule has 0 unspecified atom stereocenters. The van der Waals surface area contributed by atoms with Gasteiger partial charge in [0.2, 0.25) is 0 Å². The predicted molar refractivity (Wildman–Crippen MR) is 116 cm³/mol. The normalized spacial score (nSPS) is 10.6. The number of hydrogen-bond donors (Lipinski definition) is 1. The zero-order chi connectivity index (χ0) is 21.2. The van der Waals surface area contributed by atoms with Crippen molar-refractivity contribution in [1.29, 1.82) is 0 Å². The Morgan fingerprint density at radius 3 is 2.31 bits per heavy atom. The maximum absolute atomic E-state index is 12.9. The molecule has 0 aliphatic rings. The highest BCUT2D eigenvalue weighted by atomic mass is 16.5. The van der Waals surface area contributed by atoms with Gasteiger partial charge in [-0.15, -0.1) is 0 Å². The molecule has 0 heterocycles. The fourth-order valence-corrected chi connectivity index (χ4v) is 3.22. The van der Waals surface area contributed by atoms with Crippen LogP contribution >= 0.6 is 0 Å². The summed E-state index contributed by atoms with van der Waals surface area (Å²) in [5.74, 6) is -0.827. The molecule has 0 aromatic heterocycles. The number of esters is 1. The van der Waals surface area contributed by atoms with Crippen LogP contribution in [0, 0.1) is 0 Å². The van der Waals surface area contributed by atoms with Crippen molar-refractivity contribution in [1.82, 2.24) is 0 Å². The molecule has 0 amide bonds. The van der Waals surface area contributed by atoms with Gasteiger partial charge in [-0.3, -0.25) is 4.79 Å². The van der Waals surface area contributed by atoms with Crippen LogP contribution in [0.4, 0.5) is 5.69 Å². The SMILES string of the molecule is CCCCCCOC(=O)c1cccc(C(=O)c2ccc(N(CC)CC)cc2O)c1. The fraction of sp³-hybridized carbons (Fsp3) is 0.417. The van der Waals surface area contributed by atoms with Gasteiger partial charge in [0.25, 0.3) is 0 Å². The summed E-state index contributed by atoms with van der Waals surface area (Å²) in [6.07, 6.45) is 4.12. The molecule has 0 radical (unpaired) electrons. The van der Waals surface area contributed by atoms with Crippen LogP contribution < -0.4 is 4.90 Å². The summed E-state index contributed by atoms with van der Waals surface area (Å²) in [5, 5.41) is 10.4. The van der Waals surface area contributed by atoms with E-state index in [9.17, 15) is 14.7 Å². The molecule has 0 saturated carbocycles. The molecular formula is C24H31NO4. The second-order valence-electron chi connectivity index (χ2n) is 6.98. The first-order chi connectivity index (χ1) is 14.0. The number of unbranched alkanes of at least 4 members (excludes halogenated alkanes) is 3. The van der Waals surface area contributed by atoms with E-state index in [-0.39, 0.29) is 17.1 Å². The van der Waals surface area contributed by atoms with Gasteiger partial charge in [0.15, 0.2) is 5.78 Å². The number of rotatable bonds is 11. The molecule has 2 aromatic carbocycles. The maximum atomic E-state index is 12.9. The number of phenolic OH excluding ortho intramolecular Hbond substituents is 1. The minimum Gasteiger partial charge on any atom is -0.507 e. The Bertz CT molecular complexity index is 827. The molecule has 0 aliphatic carbocycles.